The molecule has 0 saturated heterocycles. The highest BCUT2D eigenvalue weighted by Gasteiger charge is 2.12. The Bertz CT molecular complexity index is 278. The quantitative estimate of drug-likeness (QED) is 0.519. The molecule has 0 saturated carbocycles. The van der Waals surface area contributed by atoms with Crippen molar-refractivity contribution in [3.8, 4) is 6.07 Å². The summed E-state index contributed by atoms with van der Waals surface area (Å²) in [4.78, 5) is 0. The monoisotopic (exact) mass is 152 g/mol. The first-order chi connectivity index (χ1) is 5.24. The third-order valence-corrected chi connectivity index (χ3v) is 1.04. The van der Waals surface area contributed by atoms with Crippen LogP contribution in [0.1, 0.15) is 5.69 Å². The molecule has 0 unspecified atom stereocenters. The molecule has 0 radical (unpaired) electrons. The van der Waals surface area contributed by atoms with E-state index in [0.29, 0.717) is 0 Å². The summed E-state index contributed by atoms with van der Waals surface area (Å²) in [7, 11) is -1.91. The van der Waals surface area contributed by atoms with E-state index < -0.39 is 7.32 Å². The van der Waals surface area contributed by atoms with Gasteiger partial charge in [0.2, 0.25) is 0 Å². The summed E-state index contributed by atoms with van der Waals surface area (Å²) < 4.78 is 5.36. The minimum absolute atomic E-state index is 0.207. The maximum absolute atomic E-state index is 8.41. The number of hydrogen-bond donors (Lipinski definition) is 2. The van der Waals surface area contributed by atoms with Gasteiger partial charge in [0, 0.05) is 6.20 Å². The second-order valence-electron chi connectivity index (χ2n) is 1.76. The third-order valence-electron chi connectivity index (χ3n) is 1.04. The molecule has 0 amide bonds. The van der Waals surface area contributed by atoms with Crippen molar-refractivity contribution in [1.29, 1.82) is 5.26 Å². The fourth-order valence-corrected chi connectivity index (χ4v) is 0.646. The number of aromatic nitrogens is 1. The van der Waals surface area contributed by atoms with E-state index in [1.165, 1.54) is 12.3 Å². The number of rotatable bonds is 2. The Morgan fingerprint density at radius 3 is 2.91 bits per heavy atom. The summed E-state index contributed by atoms with van der Waals surface area (Å²) in [5.41, 5.74) is 0.207. The molecule has 0 aliphatic carbocycles. The van der Waals surface area contributed by atoms with Gasteiger partial charge in [-0.3, -0.25) is 0 Å². The summed E-state index contributed by atoms with van der Waals surface area (Å²) in [6, 6.07) is 4.84. The van der Waals surface area contributed by atoms with E-state index in [1.807, 2.05) is 0 Å². The largest absolute Gasteiger partial charge is 0.728 e. The van der Waals surface area contributed by atoms with Crippen molar-refractivity contribution >= 4 is 7.32 Å². The normalized spacial score (nSPS) is 8.82. The SMILES string of the molecule is N#Cc1cccn1OB(O)O. The molecule has 0 aliphatic heterocycles. The lowest BCUT2D eigenvalue weighted by molar-refractivity contribution is 0.164. The molecule has 11 heavy (non-hydrogen) atoms. The van der Waals surface area contributed by atoms with Gasteiger partial charge in [-0.1, -0.05) is 0 Å². The van der Waals surface area contributed by atoms with Gasteiger partial charge in [-0.15, -0.1) is 0 Å². The Balaban J connectivity index is 2.79. The lowest BCUT2D eigenvalue weighted by Crippen LogP contribution is -2.29. The van der Waals surface area contributed by atoms with Crippen molar-refractivity contribution in [2.75, 3.05) is 0 Å². The first kappa shape index (κ1) is 7.66. The van der Waals surface area contributed by atoms with Crippen LogP contribution in [0.15, 0.2) is 18.3 Å². The maximum atomic E-state index is 8.41. The lowest BCUT2D eigenvalue weighted by atomic mass is 10.3. The molecule has 0 aliphatic rings. The molecular formula is C5H5BN2O3. The van der Waals surface area contributed by atoms with E-state index in [4.69, 9.17) is 15.3 Å². The molecule has 0 fully saturated rings. The van der Waals surface area contributed by atoms with Crippen molar-refractivity contribution < 1.29 is 14.8 Å². The molecule has 0 bridgehead atoms. The number of nitriles is 1. The zero-order valence-corrected chi connectivity index (χ0v) is 5.51. The van der Waals surface area contributed by atoms with Crippen LogP contribution < -0.4 is 4.76 Å². The predicted octanol–water partition coefficient (Wildman–Crippen LogP) is -1.24. The molecule has 1 rings (SSSR count). The second-order valence-corrected chi connectivity index (χ2v) is 1.76. The van der Waals surface area contributed by atoms with Crippen LogP contribution in [-0.2, 0) is 0 Å². The average Bonchev–Trinajstić information content (AvgIpc) is 2.34. The molecule has 1 aromatic heterocycles. The molecule has 1 heterocycles. The summed E-state index contributed by atoms with van der Waals surface area (Å²) in [6.07, 6.45) is 1.40. The Morgan fingerprint density at radius 2 is 2.36 bits per heavy atom. The van der Waals surface area contributed by atoms with E-state index >= 15 is 0 Å². The zero-order chi connectivity index (χ0) is 8.27. The van der Waals surface area contributed by atoms with Crippen LogP contribution in [0.2, 0.25) is 0 Å². The standard InChI is InChI=1S/C5H5BN2O3/c7-4-5-2-1-3-8(5)11-6(9)10/h1-3,9-10H. The van der Waals surface area contributed by atoms with E-state index in [2.05, 4.69) is 4.76 Å². The lowest BCUT2D eigenvalue weighted by Gasteiger charge is -2.04. The van der Waals surface area contributed by atoms with Crippen LogP contribution in [0.5, 0.6) is 0 Å². The van der Waals surface area contributed by atoms with Crippen molar-refractivity contribution in [3.05, 3.63) is 24.0 Å². The summed E-state index contributed by atoms with van der Waals surface area (Å²) >= 11 is 0. The minimum Gasteiger partial charge on any atom is -0.420 e. The van der Waals surface area contributed by atoms with Crippen LogP contribution in [-0.4, -0.2) is 22.1 Å². The molecule has 0 atom stereocenters. The van der Waals surface area contributed by atoms with Gasteiger partial charge in [0.05, 0.1) is 0 Å². The molecule has 6 heteroatoms. The molecule has 0 aromatic carbocycles. The molecule has 5 nitrogen and oxygen atoms in total. The topological polar surface area (TPSA) is 78.4 Å². The zero-order valence-electron chi connectivity index (χ0n) is 5.51. The van der Waals surface area contributed by atoms with Crippen molar-refractivity contribution in [2.24, 2.45) is 0 Å². The van der Waals surface area contributed by atoms with Gasteiger partial charge in [0.25, 0.3) is 0 Å². The number of hydrogen-bond acceptors (Lipinski definition) is 4. The smallest absolute Gasteiger partial charge is 0.420 e. The van der Waals surface area contributed by atoms with Gasteiger partial charge in [0.1, 0.15) is 6.07 Å². The van der Waals surface area contributed by atoms with E-state index in [9.17, 15) is 0 Å². The Hall–Kier alpha value is -1.45. The Labute approximate surface area is 63.2 Å². The van der Waals surface area contributed by atoms with Crippen molar-refractivity contribution in [2.45, 2.75) is 0 Å². The van der Waals surface area contributed by atoms with Gasteiger partial charge in [-0.2, -0.15) is 9.99 Å². The van der Waals surface area contributed by atoms with E-state index in [-0.39, 0.29) is 5.69 Å². The Kier molecular flexibility index (Phi) is 2.16. The Morgan fingerprint density at radius 1 is 1.64 bits per heavy atom. The molecule has 2 N–H and O–H groups in total. The highest BCUT2D eigenvalue weighted by atomic mass is 16.7. The number of nitrogens with zero attached hydrogens (tertiary/aromatic N) is 2. The average molecular weight is 152 g/mol. The molecule has 0 spiro atoms. The van der Waals surface area contributed by atoms with Crippen LogP contribution in [0, 0.1) is 11.3 Å². The first-order valence-corrected chi connectivity index (χ1v) is 2.85. The van der Waals surface area contributed by atoms with Crippen LogP contribution >= 0.6 is 0 Å². The fourth-order valence-electron chi connectivity index (χ4n) is 0.646. The predicted molar refractivity (Wildman–Crippen MR) is 35.9 cm³/mol. The van der Waals surface area contributed by atoms with Crippen LogP contribution in [0.3, 0.4) is 0 Å². The van der Waals surface area contributed by atoms with Crippen molar-refractivity contribution in [1.82, 2.24) is 4.73 Å². The second kappa shape index (κ2) is 3.10. The van der Waals surface area contributed by atoms with Crippen molar-refractivity contribution in [3.63, 3.8) is 0 Å². The van der Waals surface area contributed by atoms with Gasteiger partial charge in [-0.05, 0) is 12.1 Å². The van der Waals surface area contributed by atoms with E-state index in [1.54, 1.807) is 12.1 Å². The van der Waals surface area contributed by atoms with Crippen LogP contribution in [0.25, 0.3) is 0 Å². The molecular weight excluding hydrogens is 147 g/mol. The summed E-state index contributed by atoms with van der Waals surface area (Å²) in [6.45, 7) is 0. The van der Waals surface area contributed by atoms with Crippen LogP contribution in [0.4, 0.5) is 0 Å². The first-order valence-electron chi connectivity index (χ1n) is 2.85. The third kappa shape index (κ3) is 1.74. The fraction of sp³-hybridized carbons (Fsp3) is 0. The minimum atomic E-state index is -1.91. The summed E-state index contributed by atoms with van der Waals surface area (Å²) in [5.74, 6) is 0. The summed E-state index contributed by atoms with van der Waals surface area (Å²) in [5, 5.41) is 25.1. The highest BCUT2D eigenvalue weighted by molar-refractivity contribution is 6.32. The van der Waals surface area contributed by atoms with Gasteiger partial charge in [0.15, 0.2) is 5.69 Å². The molecule has 56 valence electrons. The highest BCUT2D eigenvalue weighted by Crippen LogP contribution is 1.96. The van der Waals surface area contributed by atoms with E-state index in [0.717, 1.165) is 4.73 Å². The van der Waals surface area contributed by atoms with Gasteiger partial charge >= 0.3 is 7.32 Å². The maximum Gasteiger partial charge on any atom is 0.728 e. The molecule has 1 aromatic rings. The van der Waals surface area contributed by atoms with Gasteiger partial charge in [-0.25, -0.2) is 0 Å². The van der Waals surface area contributed by atoms with Gasteiger partial charge < -0.3 is 14.8 Å².